The van der Waals surface area contributed by atoms with Gasteiger partial charge in [-0.3, -0.25) is 4.99 Å². The van der Waals surface area contributed by atoms with Crippen LogP contribution < -0.4 is 10.6 Å². The SMILES string of the molecule is CCCCN=C(NCCn1cnnc1CC)NC(CC)c1cccs1. The van der Waals surface area contributed by atoms with Crippen LogP contribution in [0.25, 0.3) is 0 Å². The largest absolute Gasteiger partial charge is 0.355 e. The van der Waals surface area contributed by atoms with Crippen molar-refractivity contribution in [1.82, 2.24) is 25.4 Å². The van der Waals surface area contributed by atoms with Crippen molar-refractivity contribution >= 4 is 17.3 Å². The van der Waals surface area contributed by atoms with Gasteiger partial charge in [0.2, 0.25) is 0 Å². The van der Waals surface area contributed by atoms with Crippen LogP contribution in [0.15, 0.2) is 28.8 Å². The zero-order valence-electron chi connectivity index (χ0n) is 15.5. The van der Waals surface area contributed by atoms with Gasteiger partial charge in [-0.2, -0.15) is 0 Å². The van der Waals surface area contributed by atoms with Gasteiger partial charge in [0.25, 0.3) is 0 Å². The monoisotopic (exact) mass is 362 g/mol. The maximum Gasteiger partial charge on any atom is 0.191 e. The van der Waals surface area contributed by atoms with Crippen molar-refractivity contribution in [1.29, 1.82) is 0 Å². The van der Waals surface area contributed by atoms with Crippen molar-refractivity contribution in [2.45, 2.75) is 59.0 Å². The zero-order valence-corrected chi connectivity index (χ0v) is 16.4. The molecule has 25 heavy (non-hydrogen) atoms. The van der Waals surface area contributed by atoms with E-state index in [0.717, 1.165) is 57.1 Å². The molecule has 0 aliphatic heterocycles. The molecule has 0 aliphatic rings. The Balaban J connectivity index is 1.94. The van der Waals surface area contributed by atoms with Gasteiger partial charge in [-0.15, -0.1) is 21.5 Å². The van der Waals surface area contributed by atoms with Crippen molar-refractivity contribution in [3.05, 3.63) is 34.5 Å². The molecule has 7 heteroatoms. The lowest BCUT2D eigenvalue weighted by Crippen LogP contribution is -2.40. The van der Waals surface area contributed by atoms with E-state index in [0.29, 0.717) is 6.04 Å². The lowest BCUT2D eigenvalue weighted by Gasteiger charge is -2.20. The molecule has 2 aromatic rings. The zero-order chi connectivity index (χ0) is 17.9. The van der Waals surface area contributed by atoms with E-state index in [1.165, 1.54) is 4.88 Å². The van der Waals surface area contributed by atoms with Gasteiger partial charge in [0.05, 0.1) is 6.04 Å². The highest BCUT2D eigenvalue weighted by atomic mass is 32.1. The van der Waals surface area contributed by atoms with Crippen molar-refractivity contribution in [2.75, 3.05) is 13.1 Å². The van der Waals surface area contributed by atoms with Crippen molar-refractivity contribution in [3.63, 3.8) is 0 Å². The Bertz CT molecular complexity index is 619. The number of hydrogen-bond acceptors (Lipinski definition) is 4. The van der Waals surface area contributed by atoms with Crippen LogP contribution in [0.1, 0.15) is 56.8 Å². The first kappa shape index (κ1) is 19.4. The molecule has 0 fully saturated rings. The summed E-state index contributed by atoms with van der Waals surface area (Å²) in [5.41, 5.74) is 0. The van der Waals surface area contributed by atoms with E-state index in [1.807, 2.05) is 0 Å². The fourth-order valence-electron chi connectivity index (χ4n) is 2.56. The standard InChI is InChI=1S/C18H30N6S/c1-4-7-10-19-18(22-15(5-2)16-9-8-13-25-16)20-11-12-24-14-21-23-17(24)6-3/h8-9,13-15H,4-7,10-12H2,1-3H3,(H2,19,20,22). The van der Waals surface area contributed by atoms with Crippen LogP contribution in [0.3, 0.4) is 0 Å². The van der Waals surface area contributed by atoms with E-state index in [1.54, 1.807) is 17.7 Å². The summed E-state index contributed by atoms with van der Waals surface area (Å²) < 4.78 is 2.09. The number of nitrogens with zero attached hydrogens (tertiary/aromatic N) is 4. The molecule has 0 radical (unpaired) electrons. The Morgan fingerprint density at radius 3 is 2.92 bits per heavy atom. The molecule has 0 spiro atoms. The minimum Gasteiger partial charge on any atom is -0.355 e. The van der Waals surface area contributed by atoms with Gasteiger partial charge in [0.15, 0.2) is 5.96 Å². The first-order valence-electron chi connectivity index (χ1n) is 9.23. The first-order chi connectivity index (χ1) is 12.3. The Morgan fingerprint density at radius 2 is 2.24 bits per heavy atom. The molecule has 0 amide bonds. The fraction of sp³-hybridized carbons (Fsp3) is 0.611. The second-order valence-corrected chi connectivity index (χ2v) is 6.90. The second-order valence-electron chi connectivity index (χ2n) is 5.93. The average Bonchev–Trinajstić information content (AvgIpc) is 3.30. The Hall–Kier alpha value is -1.89. The maximum atomic E-state index is 4.73. The van der Waals surface area contributed by atoms with Crippen LogP contribution in [-0.4, -0.2) is 33.8 Å². The van der Waals surface area contributed by atoms with Crippen LogP contribution in [0.2, 0.25) is 0 Å². The smallest absolute Gasteiger partial charge is 0.191 e. The van der Waals surface area contributed by atoms with Crippen molar-refractivity contribution < 1.29 is 0 Å². The number of aryl methyl sites for hydroxylation is 1. The summed E-state index contributed by atoms with van der Waals surface area (Å²) in [5.74, 6) is 1.91. The summed E-state index contributed by atoms with van der Waals surface area (Å²) in [6, 6.07) is 4.58. The topological polar surface area (TPSA) is 67.1 Å². The number of nitrogens with one attached hydrogen (secondary N) is 2. The van der Waals surface area contributed by atoms with Gasteiger partial charge >= 0.3 is 0 Å². The van der Waals surface area contributed by atoms with Gasteiger partial charge in [-0.25, -0.2) is 0 Å². The molecule has 1 unspecified atom stereocenters. The predicted octanol–water partition coefficient (Wildman–Crippen LogP) is 3.39. The molecule has 6 nitrogen and oxygen atoms in total. The second kappa shape index (κ2) is 10.9. The molecule has 2 aromatic heterocycles. The number of rotatable bonds is 10. The summed E-state index contributed by atoms with van der Waals surface area (Å²) in [7, 11) is 0. The van der Waals surface area contributed by atoms with Gasteiger partial charge in [0, 0.05) is 30.9 Å². The minimum absolute atomic E-state index is 0.300. The van der Waals surface area contributed by atoms with Crippen molar-refractivity contribution in [3.8, 4) is 0 Å². The summed E-state index contributed by atoms with van der Waals surface area (Å²) >= 11 is 1.79. The average molecular weight is 363 g/mol. The normalized spacial score (nSPS) is 13.0. The van der Waals surface area contributed by atoms with E-state index < -0.39 is 0 Å². The molecule has 0 saturated heterocycles. The highest BCUT2D eigenvalue weighted by Gasteiger charge is 2.12. The highest BCUT2D eigenvalue weighted by molar-refractivity contribution is 7.10. The Morgan fingerprint density at radius 1 is 1.36 bits per heavy atom. The van der Waals surface area contributed by atoms with E-state index in [2.05, 4.69) is 63.7 Å². The number of thiophene rings is 1. The van der Waals surface area contributed by atoms with E-state index >= 15 is 0 Å². The lowest BCUT2D eigenvalue weighted by atomic mass is 10.2. The summed E-state index contributed by atoms with van der Waals surface area (Å²) in [6.07, 6.45) is 5.97. The van der Waals surface area contributed by atoms with E-state index in [9.17, 15) is 0 Å². The predicted molar refractivity (Wildman–Crippen MR) is 105 cm³/mol. The van der Waals surface area contributed by atoms with Crippen LogP contribution in [0.5, 0.6) is 0 Å². The number of unbranched alkanes of at least 4 members (excludes halogenated alkanes) is 1. The third-order valence-electron chi connectivity index (χ3n) is 4.04. The van der Waals surface area contributed by atoms with Crippen LogP contribution in [0.4, 0.5) is 0 Å². The molecule has 1 atom stereocenters. The highest BCUT2D eigenvalue weighted by Crippen LogP contribution is 2.21. The molecule has 0 saturated carbocycles. The van der Waals surface area contributed by atoms with Gasteiger partial charge in [0.1, 0.15) is 12.2 Å². The molecule has 0 bridgehead atoms. The summed E-state index contributed by atoms with van der Waals surface area (Å²) in [4.78, 5) is 6.08. The number of aliphatic imine (C=N–C) groups is 1. The van der Waals surface area contributed by atoms with E-state index in [-0.39, 0.29) is 0 Å². The fourth-order valence-corrected chi connectivity index (χ4v) is 3.43. The van der Waals surface area contributed by atoms with Gasteiger partial charge in [-0.1, -0.05) is 33.3 Å². The maximum absolute atomic E-state index is 4.73. The lowest BCUT2D eigenvalue weighted by molar-refractivity contribution is 0.594. The van der Waals surface area contributed by atoms with Crippen LogP contribution in [0, 0.1) is 0 Å². The minimum atomic E-state index is 0.300. The third-order valence-corrected chi connectivity index (χ3v) is 5.03. The molecule has 0 aromatic carbocycles. The van der Waals surface area contributed by atoms with Crippen molar-refractivity contribution in [2.24, 2.45) is 4.99 Å². The van der Waals surface area contributed by atoms with Crippen LogP contribution >= 0.6 is 11.3 Å². The van der Waals surface area contributed by atoms with Gasteiger partial charge < -0.3 is 15.2 Å². The number of guanidine groups is 1. The molecular formula is C18H30N6S. The Kier molecular flexibility index (Phi) is 8.45. The molecule has 0 aliphatic carbocycles. The third kappa shape index (κ3) is 6.16. The quantitative estimate of drug-likeness (QED) is 0.386. The van der Waals surface area contributed by atoms with E-state index in [4.69, 9.17) is 4.99 Å². The molecule has 2 heterocycles. The molecule has 2 N–H and O–H groups in total. The van der Waals surface area contributed by atoms with Crippen LogP contribution in [-0.2, 0) is 13.0 Å². The first-order valence-corrected chi connectivity index (χ1v) is 10.1. The Labute approximate surface area is 154 Å². The molecular weight excluding hydrogens is 332 g/mol. The number of hydrogen-bond donors (Lipinski definition) is 2. The van der Waals surface area contributed by atoms with Gasteiger partial charge in [-0.05, 0) is 24.3 Å². The number of aromatic nitrogens is 3. The molecule has 138 valence electrons. The summed E-state index contributed by atoms with van der Waals surface area (Å²) in [5, 5.41) is 17.3. The molecule has 2 rings (SSSR count). The summed E-state index contributed by atoms with van der Waals surface area (Å²) in [6.45, 7) is 8.96.